The summed E-state index contributed by atoms with van der Waals surface area (Å²) in [6.07, 6.45) is 4.47. The number of aromatic amines is 1. The lowest BCUT2D eigenvalue weighted by molar-refractivity contribution is 0.123. The SMILES string of the molecule is COc1coc(CN2CCCC[C@@H]2c2nc3ccc(F)cc3[nH]2)cc1=O. The number of ether oxygens (including phenoxy) is 1. The molecule has 136 valence electrons. The van der Waals surface area contributed by atoms with Gasteiger partial charge in [0.25, 0.3) is 0 Å². The molecule has 0 amide bonds. The minimum atomic E-state index is -0.284. The number of benzene rings is 1. The molecule has 0 bridgehead atoms. The summed E-state index contributed by atoms with van der Waals surface area (Å²) in [5, 5.41) is 0. The fourth-order valence-electron chi connectivity index (χ4n) is 3.52. The zero-order valence-electron chi connectivity index (χ0n) is 14.5. The van der Waals surface area contributed by atoms with Crippen molar-refractivity contribution >= 4 is 11.0 Å². The Morgan fingerprint density at radius 2 is 2.27 bits per heavy atom. The number of nitrogens with one attached hydrogen (secondary N) is 1. The summed E-state index contributed by atoms with van der Waals surface area (Å²) >= 11 is 0. The first-order valence-electron chi connectivity index (χ1n) is 8.69. The first kappa shape index (κ1) is 16.8. The zero-order chi connectivity index (χ0) is 18.1. The van der Waals surface area contributed by atoms with E-state index >= 15 is 0 Å². The molecular formula is C19H20FN3O3. The number of hydrogen-bond acceptors (Lipinski definition) is 5. The molecule has 2 aromatic heterocycles. The lowest BCUT2D eigenvalue weighted by atomic mass is 10.0. The van der Waals surface area contributed by atoms with Gasteiger partial charge in [0.05, 0.1) is 30.7 Å². The standard InChI is InChI=1S/C19H20FN3O3/c1-25-18-11-26-13(9-17(18)24)10-23-7-3-2-4-16(23)19-21-14-6-5-12(20)8-15(14)22-19/h5-6,8-9,11,16H,2-4,7,10H2,1H3,(H,21,22)/t16-/m1/s1. The molecule has 0 spiro atoms. The third-order valence-corrected chi connectivity index (χ3v) is 4.82. The first-order chi connectivity index (χ1) is 12.6. The van der Waals surface area contributed by atoms with Gasteiger partial charge in [-0.15, -0.1) is 0 Å². The lowest BCUT2D eigenvalue weighted by Crippen LogP contribution is -2.33. The van der Waals surface area contributed by atoms with Crippen LogP contribution in [0.4, 0.5) is 4.39 Å². The number of piperidine rings is 1. The fraction of sp³-hybridized carbons (Fsp3) is 0.368. The van der Waals surface area contributed by atoms with Crippen molar-refractivity contribution in [3.8, 4) is 5.75 Å². The average Bonchev–Trinajstić information content (AvgIpc) is 3.05. The van der Waals surface area contributed by atoms with Gasteiger partial charge in [-0.2, -0.15) is 0 Å². The van der Waals surface area contributed by atoms with E-state index in [0.29, 0.717) is 17.8 Å². The van der Waals surface area contributed by atoms with Crippen LogP contribution in [0.1, 0.15) is 36.9 Å². The molecule has 3 heterocycles. The number of H-pyrrole nitrogens is 1. The number of fused-ring (bicyclic) bond motifs is 1. The molecule has 7 heteroatoms. The summed E-state index contributed by atoms with van der Waals surface area (Å²) in [6.45, 7) is 1.39. The molecule has 6 nitrogen and oxygen atoms in total. The number of methoxy groups -OCH3 is 1. The van der Waals surface area contributed by atoms with Crippen LogP contribution in [0.2, 0.25) is 0 Å². The van der Waals surface area contributed by atoms with Crippen molar-refractivity contribution < 1.29 is 13.5 Å². The van der Waals surface area contributed by atoms with Crippen molar-refractivity contribution in [3.63, 3.8) is 0 Å². The first-order valence-corrected chi connectivity index (χ1v) is 8.69. The van der Waals surface area contributed by atoms with Crippen molar-refractivity contribution in [2.75, 3.05) is 13.7 Å². The maximum atomic E-state index is 13.4. The molecule has 1 saturated heterocycles. The van der Waals surface area contributed by atoms with E-state index in [-0.39, 0.29) is 23.0 Å². The highest BCUT2D eigenvalue weighted by Crippen LogP contribution is 2.31. The maximum absolute atomic E-state index is 13.4. The number of nitrogens with zero attached hydrogens (tertiary/aromatic N) is 2. The predicted molar refractivity (Wildman–Crippen MR) is 94.6 cm³/mol. The smallest absolute Gasteiger partial charge is 0.227 e. The van der Waals surface area contributed by atoms with E-state index in [1.807, 2.05) is 0 Å². The van der Waals surface area contributed by atoms with Crippen LogP contribution in [0, 0.1) is 5.82 Å². The highest BCUT2D eigenvalue weighted by atomic mass is 19.1. The van der Waals surface area contributed by atoms with Gasteiger partial charge in [-0.3, -0.25) is 9.69 Å². The van der Waals surface area contributed by atoms with Crippen molar-refractivity contribution in [2.24, 2.45) is 0 Å². The van der Waals surface area contributed by atoms with E-state index < -0.39 is 0 Å². The lowest BCUT2D eigenvalue weighted by Gasteiger charge is -2.33. The summed E-state index contributed by atoms with van der Waals surface area (Å²) in [5.74, 6) is 1.32. The summed E-state index contributed by atoms with van der Waals surface area (Å²) in [5.41, 5.74) is 1.26. The van der Waals surface area contributed by atoms with Crippen LogP contribution in [0.15, 0.2) is 39.7 Å². The van der Waals surface area contributed by atoms with Gasteiger partial charge < -0.3 is 14.1 Å². The molecule has 1 fully saturated rings. The molecule has 0 saturated carbocycles. The van der Waals surface area contributed by atoms with Crippen LogP contribution < -0.4 is 10.2 Å². The summed E-state index contributed by atoms with van der Waals surface area (Å²) < 4.78 is 23.9. The van der Waals surface area contributed by atoms with Crippen LogP contribution in [-0.2, 0) is 6.54 Å². The Morgan fingerprint density at radius 3 is 3.08 bits per heavy atom. The zero-order valence-corrected chi connectivity index (χ0v) is 14.5. The topological polar surface area (TPSA) is 71.4 Å². The monoisotopic (exact) mass is 357 g/mol. The van der Waals surface area contributed by atoms with E-state index in [2.05, 4.69) is 14.9 Å². The van der Waals surface area contributed by atoms with Gasteiger partial charge in [0, 0.05) is 6.07 Å². The molecule has 1 N–H and O–H groups in total. The number of imidazole rings is 1. The maximum Gasteiger partial charge on any atom is 0.227 e. The molecular weight excluding hydrogens is 337 g/mol. The van der Waals surface area contributed by atoms with Crippen LogP contribution in [0.5, 0.6) is 5.75 Å². The van der Waals surface area contributed by atoms with E-state index in [1.165, 1.54) is 31.6 Å². The Balaban J connectivity index is 1.61. The Bertz CT molecular complexity index is 982. The highest BCUT2D eigenvalue weighted by molar-refractivity contribution is 5.75. The minimum Gasteiger partial charge on any atom is -0.490 e. The molecule has 1 atom stereocenters. The van der Waals surface area contributed by atoms with Gasteiger partial charge in [-0.1, -0.05) is 6.42 Å². The van der Waals surface area contributed by atoms with E-state index in [1.54, 1.807) is 6.07 Å². The largest absolute Gasteiger partial charge is 0.490 e. The van der Waals surface area contributed by atoms with Gasteiger partial charge in [-0.05, 0) is 37.6 Å². The molecule has 1 aromatic carbocycles. The van der Waals surface area contributed by atoms with E-state index in [0.717, 1.165) is 37.1 Å². The Labute approximate surface area is 149 Å². The van der Waals surface area contributed by atoms with Gasteiger partial charge in [0.2, 0.25) is 11.2 Å². The molecule has 1 aliphatic rings. The second-order valence-corrected chi connectivity index (χ2v) is 6.54. The quantitative estimate of drug-likeness (QED) is 0.775. The summed E-state index contributed by atoms with van der Waals surface area (Å²) in [6, 6.07) is 6.10. The summed E-state index contributed by atoms with van der Waals surface area (Å²) in [4.78, 5) is 22.1. The molecule has 3 aromatic rings. The number of hydrogen-bond donors (Lipinski definition) is 1. The molecule has 1 aliphatic heterocycles. The molecule has 26 heavy (non-hydrogen) atoms. The van der Waals surface area contributed by atoms with Crippen LogP contribution in [-0.4, -0.2) is 28.5 Å². The Hall–Kier alpha value is -2.67. The summed E-state index contributed by atoms with van der Waals surface area (Å²) in [7, 11) is 1.44. The van der Waals surface area contributed by atoms with Crippen LogP contribution in [0.3, 0.4) is 0 Å². The van der Waals surface area contributed by atoms with Crippen molar-refractivity contribution in [1.82, 2.24) is 14.9 Å². The van der Waals surface area contributed by atoms with Gasteiger partial charge >= 0.3 is 0 Å². The number of halogens is 1. The van der Waals surface area contributed by atoms with Crippen molar-refractivity contribution in [1.29, 1.82) is 0 Å². The van der Waals surface area contributed by atoms with Crippen LogP contribution >= 0.6 is 0 Å². The third-order valence-electron chi connectivity index (χ3n) is 4.82. The van der Waals surface area contributed by atoms with Gasteiger partial charge in [0.1, 0.15) is 23.7 Å². The molecule has 0 unspecified atom stereocenters. The number of rotatable bonds is 4. The molecule has 4 rings (SSSR count). The van der Waals surface area contributed by atoms with Gasteiger partial charge in [-0.25, -0.2) is 9.37 Å². The molecule has 0 aliphatic carbocycles. The minimum absolute atomic E-state index is 0.0756. The average molecular weight is 357 g/mol. The normalized spacial score (nSPS) is 18.3. The predicted octanol–water partition coefficient (Wildman–Crippen LogP) is 3.39. The van der Waals surface area contributed by atoms with Gasteiger partial charge in [0.15, 0.2) is 0 Å². The van der Waals surface area contributed by atoms with E-state index in [4.69, 9.17) is 9.15 Å². The van der Waals surface area contributed by atoms with Crippen molar-refractivity contribution in [2.45, 2.75) is 31.8 Å². The number of likely N-dealkylation sites (tertiary alicyclic amines) is 1. The fourth-order valence-corrected chi connectivity index (χ4v) is 3.52. The molecule has 0 radical (unpaired) electrons. The highest BCUT2D eigenvalue weighted by Gasteiger charge is 2.27. The van der Waals surface area contributed by atoms with E-state index in [9.17, 15) is 9.18 Å². The third kappa shape index (κ3) is 3.22. The second-order valence-electron chi connectivity index (χ2n) is 6.54. The van der Waals surface area contributed by atoms with Crippen LogP contribution in [0.25, 0.3) is 11.0 Å². The Kier molecular flexibility index (Phi) is 4.46. The Morgan fingerprint density at radius 1 is 1.38 bits per heavy atom. The van der Waals surface area contributed by atoms with Crippen molar-refractivity contribution in [3.05, 3.63) is 58.2 Å². The number of aromatic nitrogens is 2. The second kappa shape index (κ2) is 6.92.